The summed E-state index contributed by atoms with van der Waals surface area (Å²) in [6.07, 6.45) is 0.331. The summed E-state index contributed by atoms with van der Waals surface area (Å²) in [4.78, 5) is 37.9. The highest BCUT2D eigenvalue weighted by atomic mass is 16.2. The minimum absolute atomic E-state index is 0.0183. The normalized spacial score (nSPS) is 12.7. The summed E-state index contributed by atoms with van der Waals surface area (Å²) < 4.78 is 0. The van der Waals surface area contributed by atoms with E-state index in [0.717, 1.165) is 16.0 Å². The number of rotatable bonds is 5. The maximum absolute atomic E-state index is 12.4. The Morgan fingerprint density at radius 1 is 1.08 bits per heavy atom. The summed E-state index contributed by atoms with van der Waals surface area (Å²) in [5, 5.41) is 11.4. The van der Waals surface area contributed by atoms with Gasteiger partial charge in [-0.05, 0) is 36.8 Å². The first-order valence-electron chi connectivity index (χ1n) is 8.22. The molecule has 0 atom stereocenters. The Bertz CT molecular complexity index is 926. The van der Waals surface area contributed by atoms with Gasteiger partial charge in [-0.15, -0.1) is 0 Å². The van der Waals surface area contributed by atoms with Crippen molar-refractivity contribution in [3.8, 4) is 6.07 Å². The molecule has 0 radical (unpaired) electrons. The zero-order chi connectivity index (χ0) is 18.7. The average molecular weight is 347 g/mol. The maximum atomic E-state index is 12.4. The lowest BCUT2D eigenvalue weighted by atomic mass is 10.1. The number of fused-ring (bicyclic) bond motifs is 1. The second kappa shape index (κ2) is 7.19. The number of hydrogen-bond acceptors (Lipinski definition) is 4. The van der Waals surface area contributed by atoms with Crippen LogP contribution in [0.1, 0.15) is 38.3 Å². The molecule has 2 aromatic rings. The molecule has 6 heteroatoms. The minimum atomic E-state index is -0.362. The van der Waals surface area contributed by atoms with Gasteiger partial charge < -0.3 is 5.32 Å². The van der Waals surface area contributed by atoms with Crippen molar-refractivity contribution in [3.63, 3.8) is 0 Å². The van der Waals surface area contributed by atoms with E-state index in [9.17, 15) is 14.4 Å². The van der Waals surface area contributed by atoms with Gasteiger partial charge in [-0.25, -0.2) is 0 Å². The number of anilines is 1. The van der Waals surface area contributed by atoms with Crippen LogP contribution in [0.15, 0.2) is 42.5 Å². The maximum Gasteiger partial charge on any atom is 0.261 e. The van der Waals surface area contributed by atoms with Crippen LogP contribution >= 0.6 is 0 Å². The fraction of sp³-hybridized carbons (Fsp3) is 0.200. The van der Waals surface area contributed by atoms with Crippen LogP contribution in [0, 0.1) is 18.3 Å². The first-order chi connectivity index (χ1) is 12.5. The SMILES string of the molecule is Cc1ccc2c(c1)C(=O)N(CCC(=O)Nc1ccc(CC#N)cc1)C2=O. The smallest absolute Gasteiger partial charge is 0.261 e. The van der Waals surface area contributed by atoms with Crippen LogP contribution in [0.3, 0.4) is 0 Å². The number of nitrogens with zero attached hydrogens (tertiary/aromatic N) is 2. The first-order valence-corrected chi connectivity index (χ1v) is 8.22. The first kappa shape index (κ1) is 17.4. The standard InChI is InChI=1S/C20H17N3O3/c1-13-2-7-16-17(12-13)20(26)23(19(16)25)11-9-18(24)22-15-5-3-14(4-6-15)8-10-21/h2-7,12H,8-9,11H2,1H3,(H,22,24). The number of nitrogens with one attached hydrogen (secondary N) is 1. The van der Waals surface area contributed by atoms with Crippen molar-refractivity contribution in [3.05, 3.63) is 64.7 Å². The van der Waals surface area contributed by atoms with E-state index in [4.69, 9.17) is 5.26 Å². The summed E-state index contributed by atoms with van der Waals surface area (Å²) in [7, 11) is 0. The molecule has 26 heavy (non-hydrogen) atoms. The Morgan fingerprint density at radius 2 is 1.77 bits per heavy atom. The van der Waals surface area contributed by atoms with Gasteiger partial charge in [0.2, 0.25) is 5.91 Å². The van der Waals surface area contributed by atoms with Gasteiger partial charge in [-0.3, -0.25) is 19.3 Å². The fourth-order valence-electron chi connectivity index (χ4n) is 2.84. The summed E-state index contributed by atoms with van der Waals surface area (Å²) in [5.74, 6) is -1.01. The Kier molecular flexibility index (Phi) is 4.81. The fourth-order valence-corrected chi connectivity index (χ4v) is 2.84. The van der Waals surface area contributed by atoms with Gasteiger partial charge in [0.05, 0.1) is 23.6 Å². The zero-order valence-corrected chi connectivity index (χ0v) is 14.3. The highest BCUT2D eigenvalue weighted by molar-refractivity contribution is 6.21. The number of aryl methyl sites for hydroxylation is 1. The molecule has 130 valence electrons. The van der Waals surface area contributed by atoms with E-state index in [0.29, 0.717) is 23.2 Å². The van der Waals surface area contributed by atoms with Crippen molar-refractivity contribution >= 4 is 23.4 Å². The van der Waals surface area contributed by atoms with Crippen molar-refractivity contribution in [1.82, 2.24) is 4.90 Å². The number of carbonyl (C=O) groups is 3. The number of benzene rings is 2. The van der Waals surface area contributed by atoms with Gasteiger partial charge in [0.25, 0.3) is 11.8 Å². The van der Waals surface area contributed by atoms with Crippen LogP contribution < -0.4 is 5.32 Å². The van der Waals surface area contributed by atoms with Crippen molar-refractivity contribution in [2.75, 3.05) is 11.9 Å². The number of hydrogen-bond donors (Lipinski definition) is 1. The summed E-state index contributed by atoms with van der Waals surface area (Å²) in [5.41, 5.74) is 3.16. The minimum Gasteiger partial charge on any atom is -0.326 e. The Labute approximate surface area is 151 Å². The number of amides is 3. The molecule has 0 spiro atoms. The average Bonchev–Trinajstić information content (AvgIpc) is 2.85. The molecule has 1 heterocycles. The zero-order valence-electron chi connectivity index (χ0n) is 14.3. The van der Waals surface area contributed by atoms with E-state index in [1.165, 1.54) is 0 Å². The summed E-state index contributed by atoms with van der Waals surface area (Å²) in [6.45, 7) is 1.89. The van der Waals surface area contributed by atoms with Gasteiger partial charge in [0, 0.05) is 18.7 Å². The number of nitriles is 1. The molecule has 3 rings (SSSR count). The molecule has 1 aliphatic rings. The van der Waals surface area contributed by atoms with Gasteiger partial charge in [0.15, 0.2) is 0 Å². The molecule has 3 amide bonds. The van der Waals surface area contributed by atoms with E-state index in [1.54, 1.807) is 42.5 Å². The molecule has 0 fully saturated rings. The molecule has 0 unspecified atom stereocenters. The molecular weight excluding hydrogens is 330 g/mol. The predicted molar refractivity (Wildman–Crippen MR) is 95.6 cm³/mol. The van der Waals surface area contributed by atoms with Crippen LogP contribution in [0.5, 0.6) is 0 Å². The molecule has 6 nitrogen and oxygen atoms in total. The van der Waals surface area contributed by atoms with Crippen LogP contribution in [-0.2, 0) is 11.2 Å². The molecule has 1 aliphatic heterocycles. The van der Waals surface area contributed by atoms with E-state index in [2.05, 4.69) is 11.4 Å². The predicted octanol–water partition coefficient (Wildman–Crippen LogP) is 2.69. The molecule has 0 saturated carbocycles. The second-order valence-electron chi connectivity index (χ2n) is 6.14. The van der Waals surface area contributed by atoms with Crippen LogP contribution in [0.4, 0.5) is 5.69 Å². The highest BCUT2D eigenvalue weighted by Crippen LogP contribution is 2.24. The van der Waals surface area contributed by atoms with E-state index >= 15 is 0 Å². The lowest BCUT2D eigenvalue weighted by molar-refractivity contribution is -0.116. The molecule has 0 bridgehead atoms. The number of carbonyl (C=O) groups excluding carboxylic acids is 3. The Morgan fingerprint density at radius 3 is 2.46 bits per heavy atom. The van der Waals surface area contributed by atoms with Gasteiger partial charge in [-0.2, -0.15) is 5.26 Å². The van der Waals surface area contributed by atoms with E-state index in [-0.39, 0.29) is 30.7 Å². The second-order valence-corrected chi connectivity index (χ2v) is 6.14. The lowest BCUT2D eigenvalue weighted by Gasteiger charge is -2.13. The quantitative estimate of drug-likeness (QED) is 0.842. The third-order valence-electron chi connectivity index (χ3n) is 4.21. The molecule has 0 aliphatic carbocycles. The van der Waals surface area contributed by atoms with Crippen LogP contribution in [0.25, 0.3) is 0 Å². The summed E-state index contributed by atoms with van der Waals surface area (Å²) in [6, 6.07) is 14.2. The largest absolute Gasteiger partial charge is 0.326 e. The van der Waals surface area contributed by atoms with Crippen LogP contribution in [-0.4, -0.2) is 29.2 Å². The van der Waals surface area contributed by atoms with Gasteiger partial charge >= 0.3 is 0 Å². The van der Waals surface area contributed by atoms with E-state index in [1.807, 2.05) is 6.92 Å². The summed E-state index contributed by atoms with van der Waals surface area (Å²) >= 11 is 0. The Hall–Kier alpha value is -3.46. The molecule has 2 aromatic carbocycles. The molecule has 0 saturated heterocycles. The molecule has 1 N–H and O–H groups in total. The molecular formula is C20H17N3O3. The van der Waals surface area contributed by atoms with Crippen molar-refractivity contribution in [1.29, 1.82) is 5.26 Å². The highest BCUT2D eigenvalue weighted by Gasteiger charge is 2.35. The third kappa shape index (κ3) is 3.47. The van der Waals surface area contributed by atoms with Crippen molar-refractivity contribution < 1.29 is 14.4 Å². The third-order valence-corrected chi connectivity index (χ3v) is 4.21. The van der Waals surface area contributed by atoms with Crippen molar-refractivity contribution in [2.45, 2.75) is 19.8 Å². The van der Waals surface area contributed by atoms with Crippen molar-refractivity contribution in [2.24, 2.45) is 0 Å². The van der Waals surface area contributed by atoms with E-state index < -0.39 is 0 Å². The monoisotopic (exact) mass is 347 g/mol. The molecule has 0 aromatic heterocycles. The number of imide groups is 1. The Balaban J connectivity index is 1.59. The van der Waals surface area contributed by atoms with Gasteiger partial charge in [-0.1, -0.05) is 23.8 Å². The van der Waals surface area contributed by atoms with Gasteiger partial charge in [0.1, 0.15) is 0 Å². The van der Waals surface area contributed by atoms with Crippen LogP contribution in [0.2, 0.25) is 0 Å². The topological polar surface area (TPSA) is 90.3 Å². The lowest BCUT2D eigenvalue weighted by Crippen LogP contribution is -2.32.